The van der Waals surface area contributed by atoms with Crippen molar-refractivity contribution in [1.29, 1.82) is 0 Å². The minimum atomic E-state index is -2.06. The van der Waals surface area contributed by atoms with E-state index in [9.17, 15) is 86.5 Å². The molecule has 4 aliphatic carbocycles. The molecule has 0 aromatic heterocycles. The highest BCUT2D eigenvalue weighted by Gasteiger charge is 2.72. The zero-order valence-electron chi connectivity index (χ0n) is 48.7. The summed E-state index contributed by atoms with van der Waals surface area (Å²) >= 11 is 0. The van der Waals surface area contributed by atoms with Crippen molar-refractivity contribution in [2.75, 3.05) is 46.2 Å². The van der Waals surface area contributed by atoms with Gasteiger partial charge in [-0.05, 0) is 80.5 Å². The standard InChI is InChI=1S/C57H92O28/c1-6-26(63)28-15-23(2)57(85-28)14-13-54(4)25-7-8-33-53(3,24(25)9-12-55(54,57)5)11-10-34(56(33,21-61)22-62)81-48-43(73)41(71)38(68)32(80-48)20-76-51-46(35(65)27(64)19-75-51)83-52-47(84-49-42(72)37(67)30(17-59)78-49)45(39(69)31(18-60)79-52)82-50-44(74)40(70)36(66)29(16-58)77-50/h23,27-52,58-62,64-74H,6-22H2,1-5H3. The zero-order chi connectivity index (χ0) is 61.6. The van der Waals surface area contributed by atoms with Gasteiger partial charge in [-0.1, -0.05) is 45.8 Å². The molecule has 0 radical (unpaired) electrons. The Balaban J connectivity index is 0.863. The molecule has 0 aromatic carbocycles. The first-order chi connectivity index (χ1) is 40.3. The number of hydrogen-bond acceptors (Lipinski definition) is 28. The predicted octanol–water partition coefficient (Wildman–Crippen LogP) is -5.03. The quantitative estimate of drug-likeness (QED) is 0.0571. The van der Waals surface area contributed by atoms with Crippen LogP contribution in [0.5, 0.6) is 0 Å². The van der Waals surface area contributed by atoms with E-state index in [-0.39, 0.29) is 34.9 Å². The third kappa shape index (κ3) is 10.8. The van der Waals surface area contributed by atoms with Gasteiger partial charge in [0.05, 0.1) is 58.0 Å². The topological polar surface area (TPSA) is 442 Å². The van der Waals surface area contributed by atoms with Crippen molar-refractivity contribution in [2.45, 2.75) is 258 Å². The summed E-state index contributed by atoms with van der Waals surface area (Å²) in [6.07, 6.45) is -36.7. The number of aliphatic hydroxyl groups excluding tert-OH is 16. The SMILES string of the molecule is CCC(=O)C1CC(C)C2(CCC3(C)C4=C(CCC32C)C2(C)CCC(OC3OC(COC5OCC(O)C(O)C5OC5OC(CO)C(O)C(OC6OC(CO)C(O)C(O)C6O)C5OC5OC(CO)C(O)C5O)C(O)C(O)C3O)C(CO)(CO)C2CC4)O1. The van der Waals surface area contributed by atoms with E-state index in [2.05, 4.69) is 27.7 Å². The fraction of sp³-hybridized carbons (Fsp3) is 0.947. The fourth-order valence-electron chi connectivity index (χ4n) is 17.0. The molecule has 16 N–H and O–H groups in total. The van der Waals surface area contributed by atoms with Crippen molar-refractivity contribution in [3.63, 3.8) is 0 Å². The van der Waals surface area contributed by atoms with Crippen LogP contribution in [-0.4, -0.2) is 293 Å². The molecular formula is C57H92O28. The van der Waals surface area contributed by atoms with E-state index in [1.807, 2.05) is 6.92 Å². The summed E-state index contributed by atoms with van der Waals surface area (Å²) in [6, 6.07) is 0. The van der Waals surface area contributed by atoms with Crippen LogP contribution < -0.4 is 0 Å². The van der Waals surface area contributed by atoms with E-state index in [1.54, 1.807) is 0 Å². The first kappa shape index (κ1) is 66.3. The van der Waals surface area contributed by atoms with Crippen LogP contribution in [0.1, 0.15) is 98.8 Å². The van der Waals surface area contributed by atoms with Crippen LogP contribution in [0.3, 0.4) is 0 Å². The third-order valence-electron chi connectivity index (χ3n) is 22.3. The lowest BCUT2D eigenvalue weighted by Gasteiger charge is -2.64. The van der Waals surface area contributed by atoms with Crippen LogP contribution >= 0.6 is 0 Å². The van der Waals surface area contributed by atoms with E-state index in [0.717, 1.165) is 25.7 Å². The Morgan fingerprint density at radius 3 is 1.71 bits per heavy atom. The van der Waals surface area contributed by atoms with Crippen molar-refractivity contribution in [3.05, 3.63) is 11.1 Å². The molecule has 6 aliphatic heterocycles. The average molecular weight is 1230 g/mol. The largest absolute Gasteiger partial charge is 0.396 e. The van der Waals surface area contributed by atoms with E-state index in [4.69, 9.17) is 52.1 Å². The van der Waals surface area contributed by atoms with E-state index < -0.39 is 216 Å². The number of ketones is 1. The van der Waals surface area contributed by atoms with Crippen LogP contribution in [-0.2, 0) is 56.9 Å². The number of carbonyl (C=O) groups is 1. The van der Waals surface area contributed by atoms with E-state index in [0.29, 0.717) is 32.1 Å². The lowest BCUT2D eigenvalue weighted by atomic mass is 9.42. The first-order valence-electron chi connectivity index (χ1n) is 30.2. The maximum Gasteiger partial charge on any atom is 0.187 e. The van der Waals surface area contributed by atoms with Gasteiger partial charge < -0.3 is 134 Å². The zero-order valence-corrected chi connectivity index (χ0v) is 48.7. The molecule has 10 aliphatic rings. The highest BCUT2D eigenvalue weighted by atomic mass is 16.8. The van der Waals surface area contributed by atoms with Crippen molar-refractivity contribution in [3.8, 4) is 0 Å². The average Bonchev–Trinajstić information content (AvgIpc) is 1.61. The molecule has 31 unspecified atom stereocenters. The molecule has 6 saturated heterocycles. The van der Waals surface area contributed by atoms with Gasteiger partial charge in [-0.25, -0.2) is 0 Å². The molecule has 8 fully saturated rings. The maximum atomic E-state index is 13.0. The Morgan fingerprint density at radius 2 is 1.09 bits per heavy atom. The Labute approximate surface area is 492 Å². The molecular weight excluding hydrogens is 1130 g/mol. The molecule has 0 bridgehead atoms. The number of ether oxygens (including phenoxy) is 11. The van der Waals surface area contributed by atoms with Crippen LogP contribution in [0.4, 0.5) is 0 Å². The number of allylic oxidation sites excluding steroid dienone is 2. The van der Waals surface area contributed by atoms with Gasteiger partial charge >= 0.3 is 0 Å². The second-order valence-corrected chi connectivity index (χ2v) is 26.3. The Bertz CT molecular complexity index is 2330. The molecule has 2 saturated carbocycles. The van der Waals surface area contributed by atoms with Crippen LogP contribution in [0.25, 0.3) is 0 Å². The number of fused-ring (bicyclic) bond motifs is 5. The maximum absolute atomic E-state index is 13.0. The van der Waals surface area contributed by atoms with Crippen molar-refractivity contribution in [1.82, 2.24) is 0 Å². The molecule has 0 amide bonds. The number of hydrogen-bond donors (Lipinski definition) is 16. The van der Waals surface area contributed by atoms with Crippen molar-refractivity contribution >= 4 is 5.78 Å². The number of rotatable bonds is 18. The molecule has 31 atom stereocenters. The fourth-order valence-corrected chi connectivity index (χ4v) is 17.0. The summed E-state index contributed by atoms with van der Waals surface area (Å²) in [5.74, 6) is 0.00180. The lowest BCUT2D eigenvalue weighted by Crippen LogP contribution is -2.67. The van der Waals surface area contributed by atoms with E-state index in [1.165, 1.54) is 11.1 Å². The molecule has 488 valence electrons. The molecule has 28 nitrogen and oxygen atoms in total. The van der Waals surface area contributed by atoms with Crippen LogP contribution in [0, 0.1) is 33.5 Å². The van der Waals surface area contributed by atoms with Crippen LogP contribution in [0.15, 0.2) is 11.1 Å². The monoisotopic (exact) mass is 1220 g/mol. The molecule has 85 heavy (non-hydrogen) atoms. The molecule has 6 heterocycles. The van der Waals surface area contributed by atoms with E-state index >= 15 is 0 Å². The summed E-state index contributed by atoms with van der Waals surface area (Å²) < 4.78 is 66.8. The van der Waals surface area contributed by atoms with Gasteiger partial charge in [-0.2, -0.15) is 0 Å². The summed E-state index contributed by atoms with van der Waals surface area (Å²) in [5.41, 5.74) is -0.0150. The summed E-state index contributed by atoms with van der Waals surface area (Å²) in [6.45, 7) is 6.03. The second-order valence-electron chi connectivity index (χ2n) is 26.3. The van der Waals surface area contributed by atoms with Gasteiger partial charge in [-0.15, -0.1) is 0 Å². The first-order valence-corrected chi connectivity index (χ1v) is 30.2. The normalized spacial score (nSPS) is 52.5. The Kier molecular flexibility index (Phi) is 19.8. The summed E-state index contributed by atoms with van der Waals surface area (Å²) in [5, 5.41) is 175. The molecule has 28 heteroatoms. The highest BCUT2D eigenvalue weighted by Crippen LogP contribution is 2.75. The Morgan fingerprint density at radius 1 is 0.553 bits per heavy atom. The third-order valence-corrected chi connectivity index (χ3v) is 22.3. The van der Waals surface area contributed by atoms with Gasteiger partial charge in [0, 0.05) is 17.3 Å². The molecule has 0 aromatic rings. The van der Waals surface area contributed by atoms with Gasteiger partial charge in [0.1, 0.15) is 116 Å². The summed E-state index contributed by atoms with van der Waals surface area (Å²) in [4.78, 5) is 13.0. The predicted molar refractivity (Wildman–Crippen MR) is 282 cm³/mol. The second kappa shape index (κ2) is 25.4. The van der Waals surface area contributed by atoms with Crippen LogP contribution in [0.2, 0.25) is 0 Å². The number of Topliss-reactive ketones (excluding diaryl/α,β-unsaturated/α-hetero) is 1. The van der Waals surface area contributed by atoms with Gasteiger partial charge in [0.15, 0.2) is 37.2 Å². The summed E-state index contributed by atoms with van der Waals surface area (Å²) in [7, 11) is 0. The van der Waals surface area contributed by atoms with Crippen molar-refractivity contribution in [2.24, 2.45) is 33.5 Å². The van der Waals surface area contributed by atoms with Gasteiger partial charge in [0.25, 0.3) is 0 Å². The lowest BCUT2D eigenvalue weighted by molar-refractivity contribution is -0.397. The van der Waals surface area contributed by atoms with Gasteiger partial charge in [0.2, 0.25) is 0 Å². The molecule has 10 rings (SSSR count). The minimum Gasteiger partial charge on any atom is -0.396 e. The van der Waals surface area contributed by atoms with Crippen molar-refractivity contribution < 1.29 is 139 Å². The smallest absolute Gasteiger partial charge is 0.187 e. The minimum absolute atomic E-state index is 0.129. The Hall–Kier alpha value is -1.67. The number of carbonyl (C=O) groups excluding carboxylic acids is 1. The number of aliphatic hydroxyl groups is 16. The highest BCUT2D eigenvalue weighted by molar-refractivity contribution is 5.83. The molecule has 1 spiro atoms. The van der Waals surface area contributed by atoms with Gasteiger partial charge in [-0.3, -0.25) is 4.79 Å².